The van der Waals surface area contributed by atoms with Gasteiger partial charge in [0.15, 0.2) is 0 Å². The van der Waals surface area contributed by atoms with E-state index in [9.17, 15) is 4.79 Å². The molecule has 0 fully saturated rings. The van der Waals surface area contributed by atoms with Gasteiger partial charge in [0.1, 0.15) is 5.75 Å². The van der Waals surface area contributed by atoms with Crippen LogP contribution in [0.1, 0.15) is 21.5 Å². The minimum Gasteiger partial charge on any atom is -0.496 e. The summed E-state index contributed by atoms with van der Waals surface area (Å²) in [6, 6.07) is 12.9. The van der Waals surface area contributed by atoms with Crippen LogP contribution in [0.4, 0.5) is 6.01 Å². The second kappa shape index (κ2) is 6.54. The lowest BCUT2D eigenvalue weighted by Crippen LogP contribution is -2.13. The highest BCUT2D eigenvalue weighted by atomic mass is 16.5. The molecule has 6 heteroatoms. The molecule has 0 aliphatic rings. The standard InChI is InChI=1S/C18H17N3O3/c1-11-8-9-13(12(2)10-11)17-20-21-18(24-17)19-16(22)14-6-4-5-7-15(14)23-3/h4-10H,1-3H3,(H,19,21,22). The smallest absolute Gasteiger partial charge is 0.322 e. The molecule has 0 atom stereocenters. The van der Waals surface area contributed by atoms with E-state index in [1.807, 2.05) is 32.0 Å². The van der Waals surface area contributed by atoms with Gasteiger partial charge in [-0.05, 0) is 37.6 Å². The van der Waals surface area contributed by atoms with Crippen LogP contribution in [-0.2, 0) is 0 Å². The van der Waals surface area contributed by atoms with E-state index in [0.29, 0.717) is 17.2 Å². The Hall–Kier alpha value is -3.15. The number of para-hydroxylation sites is 1. The molecule has 0 spiro atoms. The molecule has 0 aliphatic heterocycles. The topological polar surface area (TPSA) is 77.2 Å². The number of aromatic nitrogens is 2. The summed E-state index contributed by atoms with van der Waals surface area (Å²) >= 11 is 0. The SMILES string of the molecule is COc1ccccc1C(=O)Nc1nnc(-c2ccc(C)cc2C)o1. The number of anilines is 1. The average Bonchev–Trinajstić information content (AvgIpc) is 3.02. The summed E-state index contributed by atoms with van der Waals surface area (Å²) in [6.45, 7) is 3.99. The van der Waals surface area contributed by atoms with Crippen molar-refractivity contribution < 1.29 is 13.9 Å². The van der Waals surface area contributed by atoms with Crippen LogP contribution in [0.5, 0.6) is 5.75 Å². The van der Waals surface area contributed by atoms with Gasteiger partial charge in [-0.2, -0.15) is 0 Å². The molecule has 3 aromatic rings. The third kappa shape index (κ3) is 3.12. The molecule has 6 nitrogen and oxygen atoms in total. The molecule has 0 radical (unpaired) electrons. The fourth-order valence-corrected chi connectivity index (χ4v) is 2.43. The normalized spacial score (nSPS) is 10.5. The van der Waals surface area contributed by atoms with E-state index in [0.717, 1.165) is 16.7 Å². The van der Waals surface area contributed by atoms with Crippen LogP contribution in [-0.4, -0.2) is 23.2 Å². The summed E-state index contributed by atoms with van der Waals surface area (Å²) in [6.07, 6.45) is 0. The van der Waals surface area contributed by atoms with E-state index in [-0.39, 0.29) is 11.9 Å². The number of aryl methyl sites for hydroxylation is 2. The Labute approximate surface area is 139 Å². The lowest BCUT2D eigenvalue weighted by Gasteiger charge is -2.06. The number of carbonyl (C=O) groups excluding carboxylic acids is 1. The molecule has 1 amide bonds. The van der Waals surface area contributed by atoms with Crippen molar-refractivity contribution in [2.45, 2.75) is 13.8 Å². The summed E-state index contributed by atoms with van der Waals surface area (Å²) in [5.74, 6) is 0.468. The summed E-state index contributed by atoms with van der Waals surface area (Å²) < 4.78 is 10.7. The van der Waals surface area contributed by atoms with Crippen molar-refractivity contribution in [3.8, 4) is 17.2 Å². The third-order valence-electron chi connectivity index (χ3n) is 3.61. The number of benzene rings is 2. The zero-order valence-electron chi connectivity index (χ0n) is 13.7. The van der Waals surface area contributed by atoms with Crippen LogP contribution >= 0.6 is 0 Å². The monoisotopic (exact) mass is 323 g/mol. The Morgan fingerprint density at radius 3 is 2.67 bits per heavy atom. The number of nitrogens with zero attached hydrogens (tertiary/aromatic N) is 2. The van der Waals surface area contributed by atoms with Crippen LogP contribution < -0.4 is 10.1 Å². The second-order valence-electron chi connectivity index (χ2n) is 5.39. The van der Waals surface area contributed by atoms with Crippen molar-refractivity contribution in [2.24, 2.45) is 0 Å². The molecule has 0 aliphatic carbocycles. The minimum absolute atomic E-state index is 0.0425. The van der Waals surface area contributed by atoms with Crippen LogP contribution in [0.2, 0.25) is 0 Å². The van der Waals surface area contributed by atoms with Crippen LogP contribution in [0.3, 0.4) is 0 Å². The number of amides is 1. The Kier molecular flexibility index (Phi) is 4.29. The Morgan fingerprint density at radius 2 is 1.92 bits per heavy atom. The first-order valence-corrected chi connectivity index (χ1v) is 7.44. The number of nitrogens with one attached hydrogen (secondary N) is 1. The molecule has 2 aromatic carbocycles. The number of rotatable bonds is 4. The molecular weight excluding hydrogens is 306 g/mol. The molecule has 24 heavy (non-hydrogen) atoms. The number of hydrogen-bond acceptors (Lipinski definition) is 5. The van der Waals surface area contributed by atoms with Crippen molar-refractivity contribution in [1.29, 1.82) is 0 Å². The van der Waals surface area contributed by atoms with Gasteiger partial charge in [-0.1, -0.05) is 34.9 Å². The molecular formula is C18H17N3O3. The van der Waals surface area contributed by atoms with Gasteiger partial charge in [0.25, 0.3) is 5.91 Å². The van der Waals surface area contributed by atoms with Gasteiger partial charge in [-0.15, -0.1) is 5.10 Å². The molecule has 0 saturated heterocycles. The van der Waals surface area contributed by atoms with Crippen molar-refractivity contribution >= 4 is 11.9 Å². The maximum Gasteiger partial charge on any atom is 0.322 e. The highest BCUT2D eigenvalue weighted by molar-refractivity contribution is 6.05. The predicted octanol–water partition coefficient (Wildman–Crippen LogP) is 3.61. The molecule has 0 unspecified atom stereocenters. The zero-order valence-corrected chi connectivity index (χ0v) is 13.7. The van der Waals surface area contributed by atoms with Crippen molar-refractivity contribution in [3.05, 3.63) is 59.2 Å². The van der Waals surface area contributed by atoms with Gasteiger partial charge >= 0.3 is 6.01 Å². The Morgan fingerprint density at radius 1 is 1.12 bits per heavy atom. The number of ether oxygens (including phenoxy) is 1. The summed E-state index contributed by atoms with van der Waals surface area (Å²) in [7, 11) is 1.51. The molecule has 0 saturated carbocycles. The van der Waals surface area contributed by atoms with Crippen LogP contribution in [0.25, 0.3) is 11.5 Å². The van der Waals surface area contributed by atoms with Gasteiger partial charge in [0.2, 0.25) is 5.89 Å². The highest BCUT2D eigenvalue weighted by Gasteiger charge is 2.16. The Bertz CT molecular complexity index is 887. The largest absolute Gasteiger partial charge is 0.496 e. The maximum absolute atomic E-state index is 12.3. The van der Waals surface area contributed by atoms with Crippen LogP contribution in [0.15, 0.2) is 46.9 Å². The molecule has 1 heterocycles. The Balaban J connectivity index is 1.82. The van der Waals surface area contributed by atoms with Gasteiger partial charge in [-0.25, -0.2) is 0 Å². The van der Waals surface area contributed by atoms with E-state index in [2.05, 4.69) is 15.5 Å². The minimum atomic E-state index is -0.372. The zero-order chi connectivity index (χ0) is 17.1. The van der Waals surface area contributed by atoms with Crippen molar-refractivity contribution in [2.75, 3.05) is 12.4 Å². The number of carbonyl (C=O) groups is 1. The summed E-state index contributed by atoms with van der Waals surface area (Å²) in [4.78, 5) is 12.3. The average molecular weight is 323 g/mol. The fourth-order valence-electron chi connectivity index (χ4n) is 2.43. The molecule has 0 bridgehead atoms. The van der Waals surface area contributed by atoms with Gasteiger partial charge in [0, 0.05) is 5.56 Å². The second-order valence-corrected chi connectivity index (χ2v) is 5.39. The fraction of sp³-hybridized carbons (Fsp3) is 0.167. The summed E-state index contributed by atoms with van der Waals surface area (Å²) in [5, 5.41) is 10.5. The van der Waals surface area contributed by atoms with E-state index in [1.165, 1.54) is 7.11 Å². The van der Waals surface area contributed by atoms with Gasteiger partial charge < -0.3 is 9.15 Å². The number of methoxy groups -OCH3 is 1. The highest BCUT2D eigenvalue weighted by Crippen LogP contribution is 2.25. The predicted molar refractivity (Wildman–Crippen MR) is 90.2 cm³/mol. The first-order chi connectivity index (χ1) is 11.6. The lowest BCUT2D eigenvalue weighted by molar-refractivity contribution is 0.102. The first-order valence-electron chi connectivity index (χ1n) is 7.44. The first kappa shape index (κ1) is 15.7. The number of hydrogen-bond donors (Lipinski definition) is 1. The molecule has 3 rings (SSSR count). The van der Waals surface area contributed by atoms with E-state index < -0.39 is 0 Å². The lowest BCUT2D eigenvalue weighted by atomic mass is 10.1. The quantitative estimate of drug-likeness (QED) is 0.793. The van der Waals surface area contributed by atoms with E-state index in [1.54, 1.807) is 24.3 Å². The molecule has 1 aromatic heterocycles. The van der Waals surface area contributed by atoms with E-state index in [4.69, 9.17) is 9.15 Å². The van der Waals surface area contributed by atoms with E-state index >= 15 is 0 Å². The molecule has 122 valence electrons. The van der Waals surface area contributed by atoms with Crippen LogP contribution in [0, 0.1) is 13.8 Å². The van der Waals surface area contributed by atoms with Gasteiger partial charge in [-0.3, -0.25) is 10.1 Å². The third-order valence-corrected chi connectivity index (χ3v) is 3.61. The van der Waals surface area contributed by atoms with Crippen molar-refractivity contribution in [1.82, 2.24) is 10.2 Å². The van der Waals surface area contributed by atoms with Gasteiger partial charge in [0.05, 0.1) is 12.7 Å². The maximum atomic E-state index is 12.3. The summed E-state index contributed by atoms with van der Waals surface area (Å²) in [5.41, 5.74) is 3.42. The molecule has 1 N–H and O–H groups in total. The van der Waals surface area contributed by atoms with Crippen molar-refractivity contribution in [3.63, 3.8) is 0 Å².